The zero-order valence-corrected chi connectivity index (χ0v) is 25.1. The van der Waals surface area contributed by atoms with Crippen LogP contribution in [0.25, 0.3) is 0 Å². The number of rotatable bonds is 6. The molecular formula is C30H54O4Si. The molecule has 4 fully saturated rings. The van der Waals surface area contributed by atoms with Crippen LogP contribution in [0.15, 0.2) is 0 Å². The summed E-state index contributed by atoms with van der Waals surface area (Å²) in [6.07, 6.45) is 10.2. The van der Waals surface area contributed by atoms with Crippen LogP contribution in [0.2, 0.25) is 18.1 Å². The van der Waals surface area contributed by atoms with E-state index in [9.17, 15) is 9.90 Å². The van der Waals surface area contributed by atoms with Gasteiger partial charge in [0.1, 0.15) is 5.78 Å². The van der Waals surface area contributed by atoms with Crippen molar-refractivity contribution in [2.75, 3.05) is 19.8 Å². The van der Waals surface area contributed by atoms with E-state index >= 15 is 0 Å². The second-order valence-electron chi connectivity index (χ2n) is 15.0. The van der Waals surface area contributed by atoms with Gasteiger partial charge in [0, 0.05) is 30.5 Å². The van der Waals surface area contributed by atoms with E-state index < -0.39 is 13.9 Å². The molecule has 0 radical (unpaired) electrons. The van der Waals surface area contributed by atoms with Crippen molar-refractivity contribution in [2.45, 2.75) is 129 Å². The summed E-state index contributed by atoms with van der Waals surface area (Å²) >= 11 is 0. The van der Waals surface area contributed by atoms with E-state index in [2.05, 4.69) is 47.7 Å². The number of fused-ring (bicyclic) bond motifs is 5. The zero-order chi connectivity index (χ0) is 25.9. The Bertz CT molecular complexity index is 805. The lowest BCUT2D eigenvalue weighted by molar-refractivity contribution is -0.223. The lowest BCUT2D eigenvalue weighted by Crippen LogP contribution is -2.65. The third-order valence-corrected chi connectivity index (χ3v) is 16.6. The molecule has 4 aliphatic carbocycles. The van der Waals surface area contributed by atoms with Crippen LogP contribution >= 0.6 is 0 Å². The van der Waals surface area contributed by atoms with Crippen molar-refractivity contribution in [3.63, 3.8) is 0 Å². The molecule has 0 aliphatic heterocycles. The predicted octanol–water partition coefficient (Wildman–Crippen LogP) is 7.15. The van der Waals surface area contributed by atoms with Crippen LogP contribution in [0.3, 0.4) is 0 Å². The molecular weight excluding hydrogens is 452 g/mol. The summed E-state index contributed by atoms with van der Waals surface area (Å²) in [4.78, 5) is 13.1. The van der Waals surface area contributed by atoms with Gasteiger partial charge in [-0.3, -0.25) is 4.79 Å². The van der Waals surface area contributed by atoms with E-state index in [0.717, 1.165) is 58.0 Å². The summed E-state index contributed by atoms with van der Waals surface area (Å²) in [5.41, 5.74) is -0.736. The SMILES string of the molecule is CCOC[C@@]1(O)CC[C@]2(CO[Si](C)(C)C(C)(C)C)[C@H]3CC[C@]4(C)C(=O)CCC[C@H]4[C@@H]3CC[C@]2(C)C1. The Morgan fingerprint density at radius 2 is 1.71 bits per heavy atom. The summed E-state index contributed by atoms with van der Waals surface area (Å²) in [6, 6.07) is 0. The molecule has 0 bridgehead atoms. The average molecular weight is 507 g/mol. The highest BCUT2D eigenvalue weighted by Crippen LogP contribution is 2.70. The van der Waals surface area contributed by atoms with Gasteiger partial charge in [-0.1, -0.05) is 34.6 Å². The number of aliphatic hydroxyl groups is 1. The van der Waals surface area contributed by atoms with Gasteiger partial charge in [-0.2, -0.15) is 0 Å². The molecule has 35 heavy (non-hydrogen) atoms. The van der Waals surface area contributed by atoms with Gasteiger partial charge >= 0.3 is 0 Å². The maximum absolute atomic E-state index is 13.1. The van der Waals surface area contributed by atoms with Crippen LogP contribution in [0, 0.1) is 34.0 Å². The van der Waals surface area contributed by atoms with Crippen molar-refractivity contribution in [3.8, 4) is 0 Å². The molecule has 0 unspecified atom stereocenters. The van der Waals surface area contributed by atoms with Crippen LogP contribution in [0.4, 0.5) is 0 Å². The Kier molecular flexibility index (Phi) is 7.31. The molecule has 0 saturated heterocycles. The highest BCUT2D eigenvalue weighted by molar-refractivity contribution is 6.74. The molecule has 4 aliphatic rings. The molecule has 4 saturated carbocycles. The number of carbonyl (C=O) groups is 1. The van der Waals surface area contributed by atoms with Crippen LogP contribution in [0.5, 0.6) is 0 Å². The molecule has 4 nitrogen and oxygen atoms in total. The first-order chi connectivity index (χ1) is 16.1. The van der Waals surface area contributed by atoms with E-state index in [0.29, 0.717) is 36.8 Å². The van der Waals surface area contributed by atoms with E-state index in [1.165, 1.54) is 12.8 Å². The molecule has 0 spiro atoms. The van der Waals surface area contributed by atoms with Crippen LogP contribution in [-0.4, -0.2) is 44.6 Å². The summed E-state index contributed by atoms with van der Waals surface area (Å²) in [5.74, 6) is 2.27. The lowest BCUT2D eigenvalue weighted by Gasteiger charge is -2.68. The molecule has 1 N–H and O–H groups in total. The van der Waals surface area contributed by atoms with Crippen LogP contribution < -0.4 is 0 Å². The Hall–Kier alpha value is -0.233. The van der Waals surface area contributed by atoms with Crippen molar-refractivity contribution < 1.29 is 19.1 Å². The van der Waals surface area contributed by atoms with Crippen LogP contribution in [-0.2, 0) is 14.0 Å². The fourth-order valence-electron chi connectivity index (χ4n) is 8.84. The Balaban J connectivity index is 1.70. The molecule has 0 aromatic heterocycles. The Morgan fingerprint density at radius 3 is 2.37 bits per heavy atom. The summed E-state index contributed by atoms with van der Waals surface area (Å²) in [5, 5.41) is 11.8. The monoisotopic (exact) mass is 506 g/mol. The zero-order valence-electron chi connectivity index (χ0n) is 24.1. The molecule has 5 heteroatoms. The molecule has 0 aromatic carbocycles. The number of ketones is 1. The molecule has 202 valence electrons. The maximum Gasteiger partial charge on any atom is 0.192 e. The van der Waals surface area contributed by atoms with Crippen molar-refractivity contribution in [3.05, 3.63) is 0 Å². The van der Waals surface area contributed by atoms with Crippen molar-refractivity contribution >= 4 is 14.1 Å². The van der Waals surface area contributed by atoms with Crippen molar-refractivity contribution in [2.24, 2.45) is 34.0 Å². The van der Waals surface area contributed by atoms with Gasteiger partial charge < -0.3 is 14.3 Å². The highest BCUT2D eigenvalue weighted by atomic mass is 28.4. The first kappa shape index (κ1) is 27.8. The first-order valence-corrected chi connectivity index (χ1v) is 17.5. The number of Topliss-reactive ketones (excluding diaryl/α,β-unsaturated/α-hetero) is 1. The Morgan fingerprint density at radius 1 is 1.00 bits per heavy atom. The van der Waals surface area contributed by atoms with Gasteiger partial charge in [-0.25, -0.2) is 0 Å². The summed E-state index contributed by atoms with van der Waals surface area (Å²) in [7, 11) is -1.92. The number of ether oxygens (including phenoxy) is 1. The van der Waals surface area contributed by atoms with E-state index in [-0.39, 0.29) is 21.3 Å². The quantitative estimate of drug-likeness (QED) is 0.389. The van der Waals surface area contributed by atoms with Gasteiger partial charge in [-0.15, -0.1) is 0 Å². The van der Waals surface area contributed by atoms with E-state index in [4.69, 9.17) is 9.16 Å². The number of carbonyl (C=O) groups excluding carboxylic acids is 1. The van der Waals surface area contributed by atoms with Gasteiger partial charge in [0.15, 0.2) is 8.32 Å². The maximum atomic E-state index is 13.1. The third-order valence-electron chi connectivity index (χ3n) is 12.2. The first-order valence-electron chi connectivity index (χ1n) is 14.6. The van der Waals surface area contributed by atoms with Gasteiger partial charge in [0.2, 0.25) is 0 Å². The predicted molar refractivity (Wildman–Crippen MR) is 145 cm³/mol. The van der Waals surface area contributed by atoms with Gasteiger partial charge in [-0.05, 0) is 106 Å². The third kappa shape index (κ3) is 4.53. The average Bonchev–Trinajstić information content (AvgIpc) is 2.76. The molecule has 7 atom stereocenters. The lowest BCUT2D eigenvalue weighted by atomic mass is 9.38. The summed E-state index contributed by atoms with van der Waals surface area (Å²) < 4.78 is 12.9. The second-order valence-corrected chi connectivity index (χ2v) is 19.8. The van der Waals surface area contributed by atoms with Gasteiger partial charge in [0.05, 0.1) is 12.2 Å². The number of hydrogen-bond acceptors (Lipinski definition) is 4. The molecule has 4 rings (SSSR count). The fourth-order valence-corrected chi connectivity index (χ4v) is 9.89. The Labute approximate surface area is 216 Å². The molecule has 0 aromatic rings. The van der Waals surface area contributed by atoms with Crippen LogP contribution in [0.1, 0.15) is 106 Å². The van der Waals surface area contributed by atoms with Crippen molar-refractivity contribution in [1.29, 1.82) is 0 Å². The fraction of sp³-hybridized carbons (Fsp3) is 0.967. The van der Waals surface area contributed by atoms with Crippen molar-refractivity contribution in [1.82, 2.24) is 0 Å². The number of hydrogen-bond donors (Lipinski definition) is 1. The summed E-state index contributed by atoms with van der Waals surface area (Å²) in [6.45, 7) is 20.5. The van der Waals surface area contributed by atoms with E-state index in [1.807, 2.05) is 6.92 Å². The highest BCUT2D eigenvalue weighted by Gasteiger charge is 2.66. The molecule has 0 heterocycles. The minimum atomic E-state index is -1.92. The van der Waals surface area contributed by atoms with E-state index in [1.54, 1.807) is 0 Å². The second kappa shape index (κ2) is 9.20. The topological polar surface area (TPSA) is 55.8 Å². The van der Waals surface area contributed by atoms with Gasteiger partial charge in [0.25, 0.3) is 0 Å². The largest absolute Gasteiger partial charge is 0.416 e. The molecule has 0 amide bonds. The minimum absolute atomic E-state index is 0.0348. The smallest absolute Gasteiger partial charge is 0.192 e. The minimum Gasteiger partial charge on any atom is -0.416 e. The normalized spacial score (nSPS) is 44.4. The standard InChI is InChI=1S/C30H54O4Si/c1-9-33-20-29(32)17-18-30(21-34-35(7,8)26(2,3)4)24-14-16-28(6)23(11-10-12-25(28)31)22(24)13-15-27(30,5)19-29/h22-24,32H,9-21H2,1-8H3/t22-,23-,24-,27+,28-,29+,30-/m0/s1.